The van der Waals surface area contributed by atoms with Crippen LogP contribution in [0.2, 0.25) is 5.02 Å². The monoisotopic (exact) mass is 263 g/mol. The van der Waals surface area contributed by atoms with E-state index in [1.807, 2.05) is 0 Å². The fourth-order valence-corrected chi connectivity index (χ4v) is 2.59. The van der Waals surface area contributed by atoms with Crippen LogP contribution in [0.25, 0.3) is 10.9 Å². The van der Waals surface area contributed by atoms with Crippen molar-refractivity contribution in [2.45, 2.75) is 18.8 Å². The molecule has 4 nitrogen and oxygen atoms in total. The van der Waals surface area contributed by atoms with Crippen LogP contribution in [0.15, 0.2) is 23.0 Å². The molecule has 94 valence electrons. The molecule has 0 aliphatic carbocycles. The largest absolute Gasteiger partial charge is 0.317 e. The normalized spacial score (nSPS) is 17.2. The third-order valence-electron chi connectivity index (χ3n) is 3.41. The predicted molar refractivity (Wildman–Crippen MR) is 72.2 cm³/mol. The van der Waals surface area contributed by atoms with Gasteiger partial charge in [-0.1, -0.05) is 11.6 Å². The van der Waals surface area contributed by atoms with Gasteiger partial charge in [0.25, 0.3) is 5.56 Å². The Morgan fingerprint density at radius 2 is 2.06 bits per heavy atom. The highest BCUT2D eigenvalue weighted by atomic mass is 35.5. The minimum Gasteiger partial charge on any atom is -0.317 e. The van der Waals surface area contributed by atoms with Gasteiger partial charge in [-0.15, -0.1) is 0 Å². The molecule has 1 aliphatic rings. The first-order valence-corrected chi connectivity index (χ1v) is 6.52. The molecule has 0 bridgehead atoms. The first-order chi connectivity index (χ1) is 8.74. The second-order valence-corrected chi connectivity index (χ2v) is 5.07. The highest BCUT2D eigenvalue weighted by Crippen LogP contribution is 2.23. The summed E-state index contributed by atoms with van der Waals surface area (Å²) in [6.45, 7) is 1.96. The van der Waals surface area contributed by atoms with Crippen LogP contribution in [-0.2, 0) is 0 Å². The summed E-state index contributed by atoms with van der Waals surface area (Å²) >= 11 is 5.89. The molecule has 0 atom stereocenters. The molecular weight excluding hydrogens is 250 g/mol. The molecule has 18 heavy (non-hydrogen) atoms. The Bertz CT molecular complexity index is 632. The Balaban J connectivity index is 2.09. The zero-order valence-electron chi connectivity index (χ0n) is 9.87. The molecule has 1 aromatic heterocycles. The quantitative estimate of drug-likeness (QED) is 0.828. The van der Waals surface area contributed by atoms with E-state index in [2.05, 4.69) is 15.3 Å². The fraction of sp³-hybridized carbons (Fsp3) is 0.385. The van der Waals surface area contributed by atoms with Crippen molar-refractivity contribution in [3.63, 3.8) is 0 Å². The van der Waals surface area contributed by atoms with Crippen LogP contribution in [0.1, 0.15) is 24.6 Å². The molecule has 0 spiro atoms. The highest BCUT2D eigenvalue weighted by Gasteiger charge is 2.18. The van der Waals surface area contributed by atoms with Gasteiger partial charge in [0.05, 0.1) is 10.9 Å². The number of aromatic nitrogens is 2. The molecule has 0 radical (unpaired) electrons. The smallest absolute Gasteiger partial charge is 0.258 e. The molecule has 0 unspecified atom stereocenters. The molecule has 1 saturated heterocycles. The topological polar surface area (TPSA) is 57.8 Å². The van der Waals surface area contributed by atoms with E-state index in [0.29, 0.717) is 16.3 Å². The van der Waals surface area contributed by atoms with E-state index < -0.39 is 0 Å². The Labute approximate surface area is 109 Å². The summed E-state index contributed by atoms with van der Waals surface area (Å²) in [5, 5.41) is 4.42. The van der Waals surface area contributed by atoms with Crippen molar-refractivity contribution in [2.24, 2.45) is 0 Å². The van der Waals surface area contributed by atoms with Crippen molar-refractivity contribution in [1.82, 2.24) is 15.3 Å². The number of aromatic amines is 1. The molecule has 1 fully saturated rings. The van der Waals surface area contributed by atoms with Gasteiger partial charge in [0.15, 0.2) is 0 Å². The van der Waals surface area contributed by atoms with E-state index in [-0.39, 0.29) is 5.56 Å². The van der Waals surface area contributed by atoms with Gasteiger partial charge in [0, 0.05) is 10.9 Å². The standard InChI is InChI=1S/C13H14ClN3O/c14-9-1-2-11-10(7-9)13(18)17-12(16-11)8-3-5-15-6-4-8/h1-2,7-8,15H,3-6H2,(H,16,17,18). The van der Waals surface area contributed by atoms with Gasteiger partial charge in [-0.05, 0) is 44.1 Å². The van der Waals surface area contributed by atoms with E-state index in [1.165, 1.54) is 0 Å². The first kappa shape index (κ1) is 11.7. The zero-order chi connectivity index (χ0) is 12.5. The van der Waals surface area contributed by atoms with Gasteiger partial charge in [-0.25, -0.2) is 4.98 Å². The number of halogens is 1. The number of hydrogen-bond acceptors (Lipinski definition) is 3. The Hall–Kier alpha value is -1.39. The maximum Gasteiger partial charge on any atom is 0.258 e. The van der Waals surface area contributed by atoms with Crippen LogP contribution in [-0.4, -0.2) is 23.1 Å². The molecule has 5 heteroatoms. The number of benzene rings is 1. The van der Waals surface area contributed by atoms with Crippen LogP contribution in [0.5, 0.6) is 0 Å². The van der Waals surface area contributed by atoms with Gasteiger partial charge in [-0.3, -0.25) is 4.79 Å². The third kappa shape index (κ3) is 2.13. The van der Waals surface area contributed by atoms with E-state index in [0.717, 1.165) is 37.3 Å². The summed E-state index contributed by atoms with van der Waals surface area (Å²) in [5.41, 5.74) is 0.618. The molecule has 2 aromatic rings. The molecule has 1 aliphatic heterocycles. The maximum atomic E-state index is 12.0. The molecule has 2 heterocycles. The van der Waals surface area contributed by atoms with Crippen LogP contribution in [0.4, 0.5) is 0 Å². The molecular formula is C13H14ClN3O. The van der Waals surface area contributed by atoms with Crippen LogP contribution in [0, 0.1) is 0 Å². The number of piperidine rings is 1. The number of fused-ring (bicyclic) bond motifs is 1. The summed E-state index contributed by atoms with van der Waals surface area (Å²) in [7, 11) is 0. The van der Waals surface area contributed by atoms with Gasteiger partial charge >= 0.3 is 0 Å². The fourth-order valence-electron chi connectivity index (χ4n) is 2.42. The van der Waals surface area contributed by atoms with E-state index >= 15 is 0 Å². The van der Waals surface area contributed by atoms with Gasteiger partial charge in [0.1, 0.15) is 5.82 Å². The summed E-state index contributed by atoms with van der Waals surface area (Å²) < 4.78 is 0. The summed E-state index contributed by atoms with van der Waals surface area (Å²) in [6, 6.07) is 5.23. The third-order valence-corrected chi connectivity index (χ3v) is 3.65. The lowest BCUT2D eigenvalue weighted by molar-refractivity contribution is 0.445. The van der Waals surface area contributed by atoms with Crippen molar-refractivity contribution in [1.29, 1.82) is 0 Å². The lowest BCUT2D eigenvalue weighted by atomic mass is 9.97. The van der Waals surface area contributed by atoms with Crippen molar-refractivity contribution in [2.75, 3.05) is 13.1 Å². The molecule has 0 amide bonds. The van der Waals surface area contributed by atoms with Gasteiger partial charge in [-0.2, -0.15) is 0 Å². The Morgan fingerprint density at radius 1 is 1.28 bits per heavy atom. The second kappa shape index (κ2) is 4.71. The molecule has 3 rings (SSSR count). The Morgan fingerprint density at radius 3 is 2.83 bits per heavy atom. The number of nitrogens with zero attached hydrogens (tertiary/aromatic N) is 1. The van der Waals surface area contributed by atoms with Gasteiger partial charge in [0.2, 0.25) is 0 Å². The number of nitrogens with one attached hydrogen (secondary N) is 2. The number of rotatable bonds is 1. The van der Waals surface area contributed by atoms with Crippen molar-refractivity contribution < 1.29 is 0 Å². The zero-order valence-corrected chi connectivity index (χ0v) is 10.6. The van der Waals surface area contributed by atoms with Crippen LogP contribution in [0.3, 0.4) is 0 Å². The predicted octanol–water partition coefficient (Wildman–Crippen LogP) is 2.04. The van der Waals surface area contributed by atoms with Crippen molar-refractivity contribution in [3.05, 3.63) is 39.4 Å². The van der Waals surface area contributed by atoms with Crippen molar-refractivity contribution >= 4 is 22.5 Å². The lowest BCUT2D eigenvalue weighted by Gasteiger charge is -2.21. The molecule has 2 N–H and O–H groups in total. The Kier molecular flexibility index (Phi) is 3.06. The summed E-state index contributed by atoms with van der Waals surface area (Å²) in [6.07, 6.45) is 2.03. The van der Waals surface area contributed by atoms with E-state index in [1.54, 1.807) is 18.2 Å². The number of hydrogen-bond donors (Lipinski definition) is 2. The average molecular weight is 264 g/mol. The summed E-state index contributed by atoms with van der Waals surface area (Å²) in [4.78, 5) is 19.5. The van der Waals surface area contributed by atoms with Crippen molar-refractivity contribution in [3.8, 4) is 0 Å². The van der Waals surface area contributed by atoms with Crippen LogP contribution < -0.4 is 10.9 Å². The first-order valence-electron chi connectivity index (χ1n) is 6.14. The van der Waals surface area contributed by atoms with E-state index in [9.17, 15) is 4.79 Å². The van der Waals surface area contributed by atoms with Gasteiger partial charge < -0.3 is 10.3 Å². The minimum atomic E-state index is -0.101. The van der Waals surface area contributed by atoms with E-state index in [4.69, 9.17) is 11.6 Å². The SMILES string of the molecule is O=c1[nH]c(C2CCNCC2)nc2ccc(Cl)cc12. The average Bonchev–Trinajstić information content (AvgIpc) is 2.40. The number of H-pyrrole nitrogens is 1. The minimum absolute atomic E-state index is 0.101. The maximum absolute atomic E-state index is 12.0. The second-order valence-electron chi connectivity index (χ2n) is 4.64. The summed E-state index contributed by atoms with van der Waals surface area (Å²) in [5.74, 6) is 1.15. The highest BCUT2D eigenvalue weighted by molar-refractivity contribution is 6.31. The molecule has 0 saturated carbocycles. The lowest BCUT2D eigenvalue weighted by Crippen LogP contribution is -2.28. The van der Waals surface area contributed by atoms with Crippen LogP contribution >= 0.6 is 11.6 Å². The molecule has 1 aromatic carbocycles.